The number of carboxylic acids is 1. The number of carbonyl (C=O) groups is 2. The number of rotatable bonds is 7. The molecule has 4 saturated carbocycles. The average molecular weight is 480 g/mol. The van der Waals surface area contributed by atoms with Gasteiger partial charge in [0.2, 0.25) is 0 Å². The molecule has 5 N–H and O–H groups in total. The summed E-state index contributed by atoms with van der Waals surface area (Å²) in [6.07, 6.45) is 3.24. The molecule has 0 aromatic rings. The molecular weight excluding hydrogens is 434 g/mol. The Labute approximate surface area is 203 Å². The summed E-state index contributed by atoms with van der Waals surface area (Å²) < 4.78 is 0. The van der Waals surface area contributed by atoms with Crippen LogP contribution < -0.4 is 5.32 Å². The molecule has 4 rings (SSSR count). The van der Waals surface area contributed by atoms with Crippen LogP contribution in [-0.4, -0.2) is 64.1 Å². The topological polar surface area (TPSA) is 127 Å². The van der Waals surface area contributed by atoms with Gasteiger partial charge in [-0.2, -0.15) is 0 Å². The molecule has 0 amide bonds. The van der Waals surface area contributed by atoms with Gasteiger partial charge in [-0.1, -0.05) is 20.8 Å². The van der Waals surface area contributed by atoms with Crippen molar-refractivity contribution in [3.05, 3.63) is 0 Å². The maximum Gasteiger partial charge on any atom is 0.303 e. The predicted molar refractivity (Wildman–Crippen MR) is 128 cm³/mol. The van der Waals surface area contributed by atoms with Gasteiger partial charge in [-0.25, -0.2) is 0 Å². The lowest BCUT2D eigenvalue weighted by molar-refractivity contribution is -0.221. The minimum atomic E-state index is -0.783. The maximum absolute atomic E-state index is 13.3. The number of Topliss-reactive ketones (excluding diaryl/α,β-unsaturated/α-hetero) is 1. The van der Waals surface area contributed by atoms with E-state index in [9.17, 15) is 30.0 Å². The first-order valence-corrected chi connectivity index (χ1v) is 13.4. The number of aliphatic hydroxyl groups is 3. The van der Waals surface area contributed by atoms with Crippen LogP contribution in [0.3, 0.4) is 0 Å². The Kier molecular flexibility index (Phi) is 7.24. The van der Waals surface area contributed by atoms with Crippen molar-refractivity contribution < 1.29 is 30.0 Å². The van der Waals surface area contributed by atoms with E-state index in [2.05, 4.69) is 26.1 Å². The van der Waals surface area contributed by atoms with Crippen LogP contribution in [-0.2, 0) is 9.59 Å². The number of likely N-dealkylation sites (N-methyl/N-ethyl adjacent to an activating group) is 1. The van der Waals surface area contributed by atoms with Crippen LogP contribution in [0.25, 0.3) is 0 Å². The first-order chi connectivity index (χ1) is 16.0. The van der Waals surface area contributed by atoms with Gasteiger partial charge in [0.25, 0.3) is 0 Å². The molecule has 7 heteroatoms. The third kappa shape index (κ3) is 3.95. The fourth-order valence-corrected chi connectivity index (χ4v) is 9.57. The van der Waals surface area contributed by atoms with Crippen molar-refractivity contribution in [3.63, 3.8) is 0 Å². The SMILES string of the molecule is CNCC(=O)C1C[C@@H](O)C[C@H]2C[C@@H](O)[C@@H]3[C@H](C[C@H](O)[C@]4(C)[C@@H]([C@H](C)CCC(=O)O)CC[C@@H]34)[C@@]12C. The largest absolute Gasteiger partial charge is 0.481 e. The van der Waals surface area contributed by atoms with E-state index in [1.54, 1.807) is 7.05 Å². The fraction of sp³-hybridized carbons (Fsp3) is 0.926. The standard InChI is InChI=1S/C27H45NO6/c1-14(5-8-24(33)34)17-6-7-18-25-20(12-23(32)27(17,18)3)26(2)15(10-21(25)30)9-16(29)11-19(26)22(31)13-28-4/h14-21,23,25,28-30,32H,5-13H2,1-4H3,(H,33,34)/t14-,15+,16+,17-,18+,19?,20+,21-,23+,25+,26-,27-/m1/s1. The van der Waals surface area contributed by atoms with Gasteiger partial charge < -0.3 is 25.7 Å². The lowest BCUT2D eigenvalue weighted by Crippen LogP contribution is -2.65. The molecule has 4 aliphatic carbocycles. The summed E-state index contributed by atoms with van der Waals surface area (Å²) in [7, 11) is 1.77. The normalized spacial score (nSPS) is 49.0. The highest BCUT2D eigenvalue weighted by molar-refractivity contribution is 5.84. The Balaban J connectivity index is 1.67. The quantitative estimate of drug-likeness (QED) is 0.380. The number of aliphatic hydroxyl groups excluding tert-OH is 3. The number of ketones is 1. The zero-order valence-electron chi connectivity index (χ0n) is 21.2. The zero-order valence-corrected chi connectivity index (χ0v) is 21.2. The Bertz CT molecular complexity index is 789. The highest BCUT2D eigenvalue weighted by Gasteiger charge is 2.67. The summed E-state index contributed by atoms with van der Waals surface area (Å²) in [5, 5.41) is 46.0. The number of fused-ring (bicyclic) bond motifs is 5. The van der Waals surface area contributed by atoms with E-state index < -0.39 is 24.3 Å². The van der Waals surface area contributed by atoms with Crippen molar-refractivity contribution in [3.8, 4) is 0 Å². The maximum atomic E-state index is 13.3. The number of hydrogen-bond donors (Lipinski definition) is 5. The van der Waals surface area contributed by atoms with E-state index in [0.29, 0.717) is 32.1 Å². The van der Waals surface area contributed by atoms with Gasteiger partial charge in [-0.15, -0.1) is 0 Å². The molecule has 12 atom stereocenters. The molecule has 4 fully saturated rings. The molecule has 0 spiro atoms. The van der Waals surface area contributed by atoms with Crippen LogP contribution in [0, 0.1) is 52.3 Å². The summed E-state index contributed by atoms with van der Waals surface area (Å²) in [5.74, 6) is -0.270. The first-order valence-electron chi connectivity index (χ1n) is 13.4. The summed E-state index contributed by atoms with van der Waals surface area (Å²) >= 11 is 0. The lowest BCUT2D eigenvalue weighted by atomic mass is 9.40. The molecule has 0 heterocycles. The summed E-state index contributed by atoms with van der Waals surface area (Å²) in [5.41, 5.74) is -0.714. The van der Waals surface area contributed by atoms with Gasteiger partial charge in [0.1, 0.15) is 5.78 Å². The third-order valence-electron chi connectivity index (χ3n) is 11.2. The van der Waals surface area contributed by atoms with Crippen molar-refractivity contribution in [1.82, 2.24) is 5.32 Å². The van der Waals surface area contributed by atoms with Crippen LogP contribution >= 0.6 is 0 Å². The van der Waals surface area contributed by atoms with E-state index in [0.717, 1.165) is 12.8 Å². The molecular formula is C27H45NO6. The van der Waals surface area contributed by atoms with Crippen LogP contribution in [0.4, 0.5) is 0 Å². The highest BCUT2D eigenvalue weighted by Crippen LogP contribution is 2.69. The van der Waals surface area contributed by atoms with Crippen molar-refractivity contribution >= 4 is 11.8 Å². The molecule has 1 unspecified atom stereocenters. The van der Waals surface area contributed by atoms with E-state index in [4.69, 9.17) is 0 Å². The number of hydrogen-bond acceptors (Lipinski definition) is 6. The fourth-order valence-electron chi connectivity index (χ4n) is 9.57. The Morgan fingerprint density at radius 1 is 1.00 bits per heavy atom. The molecule has 0 saturated heterocycles. The molecule has 7 nitrogen and oxygen atoms in total. The smallest absolute Gasteiger partial charge is 0.303 e. The van der Waals surface area contributed by atoms with E-state index in [-0.39, 0.29) is 71.0 Å². The summed E-state index contributed by atoms with van der Waals surface area (Å²) in [6, 6.07) is 0. The second kappa shape index (κ2) is 9.45. The van der Waals surface area contributed by atoms with Gasteiger partial charge in [0.15, 0.2) is 0 Å². The van der Waals surface area contributed by atoms with Crippen LogP contribution in [0.2, 0.25) is 0 Å². The lowest BCUT2D eigenvalue weighted by Gasteiger charge is -2.65. The van der Waals surface area contributed by atoms with E-state index in [1.165, 1.54) is 0 Å². The number of nitrogens with one attached hydrogen (secondary N) is 1. The summed E-state index contributed by atoms with van der Waals surface area (Å²) in [6.45, 7) is 6.75. The Morgan fingerprint density at radius 3 is 2.35 bits per heavy atom. The van der Waals surface area contributed by atoms with Gasteiger partial charge in [0.05, 0.1) is 24.9 Å². The minimum Gasteiger partial charge on any atom is -0.481 e. The van der Waals surface area contributed by atoms with Crippen molar-refractivity contribution in [2.45, 2.75) is 90.4 Å². The first kappa shape index (κ1) is 26.1. The number of carbonyl (C=O) groups excluding carboxylic acids is 1. The molecule has 4 aliphatic rings. The van der Waals surface area contributed by atoms with Crippen molar-refractivity contribution in [2.75, 3.05) is 13.6 Å². The monoisotopic (exact) mass is 479 g/mol. The molecule has 0 aromatic carbocycles. The van der Waals surface area contributed by atoms with Crippen LogP contribution in [0.5, 0.6) is 0 Å². The van der Waals surface area contributed by atoms with Gasteiger partial charge in [0, 0.05) is 12.3 Å². The highest BCUT2D eigenvalue weighted by atomic mass is 16.4. The number of aliphatic carboxylic acids is 1. The van der Waals surface area contributed by atoms with Crippen molar-refractivity contribution in [2.24, 2.45) is 52.3 Å². The van der Waals surface area contributed by atoms with Gasteiger partial charge >= 0.3 is 5.97 Å². The third-order valence-corrected chi connectivity index (χ3v) is 11.2. The number of carboxylic acid groups (broad SMARTS) is 1. The minimum absolute atomic E-state index is 0.0199. The van der Waals surface area contributed by atoms with Gasteiger partial charge in [-0.05, 0) is 98.3 Å². The van der Waals surface area contributed by atoms with Crippen LogP contribution in [0.15, 0.2) is 0 Å². The van der Waals surface area contributed by atoms with Gasteiger partial charge in [-0.3, -0.25) is 9.59 Å². The molecule has 34 heavy (non-hydrogen) atoms. The van der Waals surface area contributed by atoms with Crippen LogP contribution in [0.1, 0.15) is 72.1 Å². The van der Waals surface area contributed by atoms with E-state index in [1.807, 2.05) is 0 Å². The molecule has 0 bridgehead atoms. The average Bonchev–Trinajstić information content (AvgIpc) is 3.12. The summed E-state index contributed by atoms with van der Waals surface area (Å²) in [4.78, 5) is 24.4. The van der Waals surface area contributed by atoms with E-state index >= 15 is 0 Å². The molecule has 0 radical (unpaired) electrons. The molecule has 194 valence electrons. The zero-order chi connectivity index (χ0) is 25.0. The predicted octanol–water partition coefficient (Wildman–Crippen LogP) is 2.46. The Morgan fingerprint density at radius 2 is 1.71 bits per heavy atom. The molecule has 0 aliphatic heterocycles. The molecule has 0 aromatic heterocycles. The second-order valence-electron chi connectivity index (χ2n) is 12.5. The second-order valence-corrected chi connectivity index (χ2v) is 12.5. The Hall–Kier alpha value is -1.02. The van der Waals surface area contributed by atoms with Crippen molar-refractivity contribution in [1.29, 1.82) is 0 Å².